The van der Waals surface area contributed by atoms with Crippen LogP contribution in [0.15, 0.2) is 65.1 Å². The molecule has 0 saturated carbocycles. The van der Waals surface area contributed by atoms with Gasteiger partial charge in [0.1, 0.15) is 0 Å². The molecule has 0 spiro atoms. The van der Waals surface area contributed by atoms with Gasteiger partial charge in [-0.15, -0.1) is 0 Å². The third-order valence-corrected chi connectivity index (χ3v) is 4.76. The summed E-state index contributed by atoms with van der Waals surface area (Å²) in [4.78, 5) is 0. The molecule has 0 aromatic heterocycles. The van der Waals surface area contributed by atoms with Crippen molar-refractivity contribution >= 4 is 38.3 Å². The van der Waals surface area contributed by atoms with Gasteiger partial charge in [0.15, 0.2) is 0 Å². The molecule has 1 unspecified atom stereocenters. The van der Waals surface area contributed by atoms with Crippen LogP contribution in [0.1, 0.15) is 17.2 Å². The van der Waals surface area contributed by atoms with E-state index in [4.69, 9.17) is 17.4 Å². The van der Waals surface area contributed by atoms with Crippen molar-refractivity contribution in [1.82, 2.24) is 5.43 Å². The molecule has 0 aliphatic heterocycles. The molecular formula is C17H14BrClN2. The van der Waals surface area contributed by atoms with Gasteiger partial charge in [0, 0.05) is 4.47 Å². The molecular weight excluding hydrogens is 348 g/mol. The first-order chi connectivity index (χ1) is 10.2. The number of nitrogens with one attached hydrogen (secondary N) is 1. The lowest BCUT2D eigenvalue weighted by atomic mass is 9.97. The Labute approximate surface area is 137 Å². The Morgan fingerprint density at radius 2 is 1.57 bits per heavy atom. The molecule has 0 fully saturated rings. The first-order valence-corrected chi connectivity index (χ1v) is 7.76. The zero-order chi connectivity index (χ0) is 14.8. The maximum Gasteiger partial charge on any atom is 0.0710 e. The number of hydrazine groups is 1. The van der Waals surface area contributed by atoms with Gasteiger partial charge in [-0.1, -0.05) is 54.1 Å². The van der Waals surface area contributed by atoms with E-state index in [1.165, 1.54) is 10.8 Å². The average Bonchev–Trinajstić information content (AvgIpc) is 2.51. The van der Waals surface area contributed by atoms with Gasteiger partial charge in [0.05, 0.1) is 11.1 Å². The highest BCUT2D eigenvalue weighted by molar-refractivity contribution is 9.10. The molecule has 0 amide bonds. The maximum absolute atomic E-state index is 6.05. The van der Waals surface area contributed by atoms with Crippen LogP contribution in [-0.4, -0.2) is 0 Å². The van der Waals surface area contributed by atoms with Crippen molar-refractivity contribution in [2.45, 2.75) is 6.04 Å². The van der Waals surface area contributed by atoms with Crippen molar-refractivity contribution < 1.29 is 0 Å². The molecule has 106 valence electrons. The van der Waals surface area contributed by atoms with Gasteiger partial charge >= 0.3 is 0 Å². The topological polar surface area (TPSA) is 38.0 Å². The molecule has 3 rings (SSSR count). The van der Waals surface area contributed by atoms with Gasteiger partial charge in [-0.3, -0.25) is 5.84 Å². The third kappa shape index (κ3) is 2.97. The van der Waals surface area contributed by atoms with Crippen LogP contribution in [0.2, 0.25) is 5.02 Å². The zero-order valence-corrected chi connectivity index (χ0v) is 13.5. The minimum absolute atomic E-state index is 0.0804. The van der Waals surface area contributed by atoms with E-state index in [2.05, 4.69) is 51.7 Å². The van der Waals surface area contributed by atoms with Gasteiger partial charge in [-0.05, 0) is 56.0 Å². The first kappa shape index (κ1) is 14.5. The Hall–Kier alpha value is -1.39. The summed E-state index contributed by atoms with van der Waals surface area (Å²) in [5, 5.41) is 3.10. The third-order valence-electron chi connectivity index (χ3n) is 3.55. The number of rotatable bonds is 3. The molecule has 3 aromatic rings. The Morgan fingerprint density at radius 3 is 2.29 bits per heavy atom. The first-order valence-electron chi connectivity index (χ1n) is 6.59. The second kappa shape index (κ2) is 6.16. The number of nitrogens with two attached hydrogens (primary N) is 1. The average molecular weight is 362 g/mol. The van der Waals surface area contributed by atoms with Crippen molar-refractivity contribution in [1.29, 1.82) is 0 Å². The van der Waals surface area contributed by atoms with Crippen LogP contribution in [0.3, 0.4) is 0 Å². The van der Waals surface area contributed by atoms with Gasteiger partial charge in [0.2, 0.25) is 0 Å². The van der Waals surface area contributed by atoms with E-state index >= 15 is 0 Å². The van der Waals surface area contributed by atoms with Crippen LogP contribution in [0.4, 0.5) is 0 Å². The van der Waals surface area contributed by atoms with Crippen molar-refractivity contribution in [3.05, 3.63) is 81.3 Å². The largest absolute Gasteiger partial charge is 0.271 e. The lowest BCUT2D eigenvalue weighted by Gasteiger charge is -2.18. The van der Waals surface area contributed by atoms with Crippen LogP contribution >= 0.6 is 27.5 Å². The summed E-state index contributed by atoms with van der Waals surface area (Å²) in [6.45, 7) is 0. The van der Waals surface area contributed by atoms with E-state index in [9.17, 15) is 0 Å². The Morgan fingerprint density at radius 1 is 0.905 bits per heavy atom. The lowest BCUT2D eigenvalue weighted by molar-refractivity contribution is 0.637. The maximum atomic E-state index is 6.05. The molecule has 3 aromatic carbocycles. The Balaban J connectivity index is 2.06. The van der Waals surface area contributed by atoms with Crippen molar-refractivity contribution in [2.75, 3.05) is 0 Å². The number of hydrogen-bond donors (Lipinski definition) is 2. The van der Waals surface area contributed by atoms with E-state index in [1.807, 2.05) is 30.3 Å². The monoisotopic (exact) mass is 360 g/mol. The summed E-state index contributed by atoms with van der Waals surface area (Å²) < 4.78 is 0.864. The van der Waals surface area contributed by atoms with Gasteiger partial charge < -0.3 is 0 Å². The van der Waals surface area contributed by atoms with Gasteiger partial charge in [-0.25, -0.2) is 5.43 Å². The highest BCUT2D eigenvalue weighted by Gasteiger charge is 2.14. The fourth-order valence-corrected chi connectivity index (χ4v) is 2.98. The van der Waals surface area contributed by atoms with Crippen molar-refractivity contribution in [3.63, 3.8) is 0 Å². The standard InChI is InChI=1S/C17H14BrClN2/c18-15-10-14(7-8-16(15)19)17(21-20)13-6-5-11-3-1-2-4-12(11)9-13/h1-10,17,21H,20H2. The summed E-state index contributed by atoms with van der Waals surface area (Å²) in [5.41, 5.74) is 5.06. The van der Waals surface area contributed by atoms with E-state index < -0.39 is 0 Å². The molecule has 4 heteroatoms. The van der Waals surface area contributed by atoms with Crippen LogP contribution in [-0.2, 0) is 0 Å². The summed E-state index contributed by atoms with van der Waals surface area (Å²) in [6, 6.07) is 20.4. The molecule has 2 nitrogen and oxygen atoms in total. The van der Waals surface area contributed by atoms with Crippen LogP contribution in [0.25, 0.3) is 10.8 Å². The van der Waals surface area contributed by atoms with Crippen LogP contribution in [0.5, 0.6) is 0 Å². The molecule has 0 saturated heterocycles. The number of benzene rings is 3. The van der Waals surface area contributed by atoms with Crippen molar-refractivity contribution in [2.24, 2.45) is 5.84 Å². The molecule has 21 heavy (non-hydrogen) atoms. The summed E-state index contributed by atoms with van der Waals surface area (Å²) >= 11 is 9.51. The highest BCUT2D eigenvalue weighted by Crippen LogP contribution is 2.30. The van der Waals surface area contributed by atoms with Crippen molar-refractivity contribution in [3.8, 4) is 0 Å². The predicted octanol–water partition coefficient (Wildman–Crippen LogP) is 4.81. The summed E-state index contributed by atoms with van der Waals surface area (Å²) in [5.74, 6) is 5.77. The van der Waals surface area contributed by atoms with E-state index in [-0.39, 0.29) is 6.04 Å². The van der Waals surface area contributed by atoms with Gasteiger partial charge in [0.25, 0.3) is 0 Å². The van der Waals surface area contributed by atoms with Crippen LogP contribution in [0, 0.1) is 0 Å². The minimum atomic E-state index is -0.0804. The zero-order valence-electron chi connectivity index (χ0n) is 11.2. The van der Waals surface area contributed by atoms with Crippen LogP contribution < -0.4 is 11.3 Å². The fourth-order valence-electron chi connectivity index (χ4n) is 2.46. The molecule has 3 N–H and O–H groups in total. The summed E-state index contributed by atoms with van der Waals surface area (Å²) in [7, 11) is 0. The minimum Gasteiger partial charge on any atom is -0.271 e. The quantitative estimate of drug-likeness (QED) is 0.519. The lowest BCUT2D eigenvalue weighted by Crippen LogP contribution is -2.28. The second-order valence-corrected chi connectivity index (χ2v) is 6.14. The Kier molecular flexibility index (Phi) is 4.27. The number of fused-ring (bicyclic) bond motifs is 1. The fraction of sp³-hybridized carbons (Fsp3) is 0.0588. The van der Waals surface area contributed by atoms with E-state index in [0.29, 0.717) is 5.02 Å². The molecule has 0 aliphatic carbocycles. The Bertz CT molecular complexity index is 789. The number of hydrogen-bond acceptors (Lipinski definition) is 2. The molecule has 1 atom stereocenters. The molecule has 0 bridgehead atoms. The van der Waals surface area contributed by atoms with E-state index in [0.717, 1.165) is 15.6 Å². The highest BCUT2D eigenvalue weighted by atomic mass is 79.9. The molecule has 0 aliphatic rings. The smallest absolute Gasteiger partial charge is 0.0710 e. The predicted molar refractivity (Wildman–Crippen MR) is 92.3 cm³/mol. The molecule has 0 heterocycles. The second-order valence-electron chi connectivity index (χ2n) is 4.88. The normalized spacial score (nSPS) is 12.5. The number of halogens is 2. The van der Waals surface area contributed by atoms with E-state index in [1.54, 1.807) is 0 Å². The molecule has 0 radical (unpaired) electrons. The SMILES string of the molecule is NNC(c1ccc(Cl)c(Br)c1)c1ccc2ccccc2c1. The summed E-state index contributed by atoms with van der Waals surface area (Å²) in [6.07, 6.45) is 0. The van der Waals surface area contributed by atoms with Gasteiger partial charge in [-0.2, -0.15) is 0 Å².